The molecule has 2 aliphatic heterocycles. The van der Waals surface area contributed by atoms with Gasteiger partial charge in [-0.25, -0.2) is 0 Å². The Hall–Kier alpha value is -2.77. The molecule has 7 nitrogen and oxygen atoms in total. The summed E-state index contributed by atoms with van der Waals surface area (Å²) in [5, 5.41) is 22.8. The first-order chi connectivity index (χ1) is 14.4. The Balaban J connectivity index is 1.27. The number of nitrogens with one attached hydrogen (secondary N) is 1. The molecule has 2 aromatic rings. The fourth-order valence-corrected chi connectivity index (χ4v) is 4.25. The number of amides is 1. The minimum absolute atomic E-state index is 0.0347. The van der Waals surface area contributed by atoms with Gasteiger partial charge in [-0.1, -0.05) is 18.2 Å². The zero-order valence-corrected chi connectivity index (χ0v) is 17.1. The summed E-state index contributed by atoms with van der Waals surface area (Å²) in [7, 11) is 0. The summed E-state index contributed by atoms with van der Waals surface area (Å²) in [5.41, 5.74) is 1.63. The lowest BCUT2D eigenvalue weighted by atomic mass is 9.87. The molecule has 4 rings (SSSR count). The highest BCUT2D eigenvalue weighted by Crippen LogP contribution is 2.40. The van der Waals surface area contributed by atoms with Gasteiger partial charge in [0.1, 0.15) is 35.6 Å². The van der Waals surface area contributed by atoms with Crippen molar-refractivity contribution in [2.24, 2.45) is 0 Å². The van der Waals surface area contributed by atoms with Gasteiger partial charge in [0, 0.05) is 51.9 Å². The van der Waals surface area contributed by atoms with Gasteiger partial charge < -0.3 is 29.9 Å². The smallest absolute Gasteiger partial charge is 0.221 e. The third-order valence-electron chi connectivity index (χ3n) is 5.76. The molecule has 0 unspecified atom stereocenters. The molecular formula is C23H28N2O5. The summed E-state index contributed by atoms with van der Waals surface area (Å²) in [5.74, 6) is 1.14. The quantitative estimate of drug-likeness (QED) is 0.632. The van der Waals surface area contributed by atoms with Crippen molar-refractivity contribution in [1.82, 2.24) is 4.90 Å². The molecular weight excluding hydrogens is 384 g/mol. The number of hydrogen-bond acceptors (Lipinski definition) is 6. The molecule has 0 saturated carbocycles. The van der Waals surface area contributed by atoms with E-state index < -0.39 is 6.10 Å². The summed E-state index contributed by atoms with van der Waals surface area (Å²) in [4.78, 5) is 13.6. The van der Waals surface area contributed by atoms with E-state index in [1.54, 1.807) is 6.07 Å². The van der Waals surface area contributed by atoms with Crippen LogP contribution in [0.25, 0.3) is 0 Å². The van der Waals surface area contributed by atoms with E-state index in [1.807, 2.05) is 12.1 Å². The highest BCUT2D eigenvalue weighted by atomic mass is 16.5. The predicted octanol–water partition coefficient (Wildman–Crippen LogP) is 2.56. The van der Waals surface area contributed by atoms with Crippen LogP contribution in [0.3, 0.4) is 0 Å². The number of fused-ring (bicyclic) bond motifs is 1. The second-order valence-electron chi connectivity index (χ2n) is 8.20. The maximum Gasteiger partial charge on any atom is 0.221 e. The lowest BCUT2D eigenvalue weighted by Crippen LogP contribution is -2.49. The minimum Gasteiger partial charge on any atom is -0.508 e. The van der Waals surface area contributed by atoms with Gasteiger partial charge in [-0.3, -0.25) is 4.79 Å². The van der Waals surface area contributed by atoms with Gasteiger partial charge in [0.25, 0.3) is 0 Å². The molecule has 7 heteroatoms. The molecule has 2 heterocycles. The number of aromatic hydroxyl groups is 1. The maximum atomic E-state index is 11.3. The van der Waals surface area contributed by atoms with Crippen LogP contribution < -0.4 is 14.8 Å². The van der Waals surface area contributed by atoms with Gasteiger partial charge in [-0.15, -0.1) is 0 Å². The number of phenols is 1. The first-order valence-corrected chi connectivity index (χ1v) is 10.3. The normalized spacial score (nSPS) is 18.5. The van der Waals surface area contributed by atoms with Crippen molar-refractivity contribution in [2.75, 3.05) is 31.6 Å². The first-order valence-electron chi connectivity index (χ1n) is 10.3. The van der Waals surface area contributed by atoms with E-state index in [1.165, 1.54) is 24.6 Å². The van der Waals surface area contributed by atoms with Crippen LogP contribution in [-0.2, 0) is 11.2 Å². The minimum atomic E-state index is -0.687. The number of β-amino-alcohol motifs (C(OH)–C–C–N with tert-alkyl or cyclic N) is 1. The third kappa shape index (κ3) is 4.68. The number of ether oxygens (including phenoxy) is 2. The molecule has 0 bridgehead atoms. The number of anilines is 1. The average molecular weight is 412 g/mol. The summed E-state index contributed by atoms with van der Waals surface area (Å²) >= 11 is 0. The van der Waals surface area contributed by atoms with Crippen molar-refractivity contribution in [3.8, 4) is 17.2 Å². The summed E-state index contributed by atoms with van der Waals surface area (Å²) in [6, 6.07) is 12.7. The van der Waals surface area contributed by atoms with Gasteiger partial charge in [-0.2, -0.15) is 0 Å². The van der Waals surface area contributed by atoms with Crippen LogP contribution in [-0.4, -0.2) is 59.0 Å². The molecule has 30 heavy (non-hydrogen) atoms. The fourth-order valence-electron chi connectivity index (χ4n) is 4.25. The Labute approximate surface area is 176 Å². The van der Waals surface area contributed by atoms with E-state index in [4.69, 9.17) is 9.47 Å². The van der Waals surface area contributed by atoms with Gasteiger partial charge in [0.2, 0.25) is 5.91 Å². The number of carbonyl (C=O) groups is 1. The molecule has 1 fully saturated rings. The van der Waals surface area contributed by atoms with E-state index in [0.29, 0.717) is 18.0 Å². The van der Waals surface area contributed by atoms with Gasteiger partial charge in [-0.05, 0) is 23.8 Å². The molecule has 0 radical (unpaired) electrons. The SMILES string of the molecule is CC(=O)Nc1ccc(O)cc1OC[C@H](O)CN1CCC2(CC1)Cc1ccccc1O2. The second-order valence-corrected chi connectivity index (χ2v) is 8.20. The standard InChI is InChI=1S/C23H28N2O5/c1-16(26)24-20-7-6-18(27)12-22(20)29-15-19(28)14-25-10-8-23(9-11-25)13-17-4-2-3-5-21(17)30-23/h2-7,12,19,27-28H,8-11,13-15H2,1H3,(H,24,26)/t19-/m1/s1. The monoisotopic (exact) mass is 412 g/mol. The molecule has 1 saturated heterocycles. The number of aliphatic hydroxyl groups excluding tert-OH is 1. The van der Waals surface area contributed by atoms with Crippen LogP contribution in [0, 0.1) is 0 Å². The van der Waals surface area contributed by atoms with Crippen LogP contribution in [0.2, 0.25) is 0 Å². The Bertz CT molecular complexity index is 881. The van der Waals surface area contributed by atoms with E-state index in [-0.39, 0.29) is 23.9 Å². The first kappa shape index (κ1) is 20.5. The summed E-state index contributed by atoms with van der Waals surface area (Å²) < 4.78 is 12.0. The average Bonchev–Trinajstić information content (AvgIpc) is 3.07. The van der Waals surface area contributed by atoms with Gasteiger partial charge >= 0.3 is 0 Å². The second kappa shape index (κ2) is 8.53. The number of likely N-dealkylation sites (tertiary alicyclic amines) is 1. The molecule has 1 spiro atoms. The van der Waals surface area contributed by atoms with Gasteiger partial charge in [0.05, 0.1) is 5.69 Å². The number of piperidine rings is 1. The number of benzene rings is 2. The third-order valence-corrected chi connectivity index (χ3v) is 5.76. The Morgan fingerprint density at radius 1 is 1.27 bits per heavy atom. The maximum absolute atomic E-state index is 11.3. The van der Waals surface area contributed by atoms with Crippen molar-refractivity contribution < 1.29 is 24.5 Å². The molecule has 0 aliphatic carbocycles. The zero-order chi connectivity index (χ0) is 21.1. The number of carbonyl (C=O) groups excluding carboxylic acids is 1. The molecule has 1 atom stereocenters. The molecule has 2 aromatic carbocycles. The lowest BCUT2D eigenvalue weighted by molar-refractivity contribution is -0.114. The highest BCUT2D eigenvalue weighted by Gasteiger charge is 2.41. The van der Waals surface area contributed by atoms with E-state index in [0.717, 1.165) is 38.1 Å². The number of para-hydroxylation sites is 1. The van der Waals surface area contributed by atoms with E-state index >= 15 is 0 Å². The molecule has 160 valence electrons. The van der Waals surface area contributed by atoms with Crippen LogP contribution >= 0.6 is 0 Å². The Morgan fingerprint density at radius 3 is 2.77 bits per heavy atom. The largest absolute Gasteiger partial charge is 0.508 e. The van der Waals surface area contributed by atoms with Crippen molar-refractivity contribution in [3.63, 3.8) is 0 Å². The van der Waals surface area contributed by atoms with Crippen LogP contribution in [0.5, 0.6) is 17.2 Å². The number of nitrogens with zero attached hydrogens (tertiary/aromatic N) is 1. The molecule has 1 amide bonds. The van der Waals surface area contributed by atoms with Crippen LogP contribution in [0.15, 0.2) is 42.5 Å². The van der Waals surface area contributed by atoms with Crippen molar-refractivity contribution >= 4 is 11.6 Å². The molecule has 0 aromatic heterocycles. The highest BCUT2D eigenvalue weighted by molar-refractivity contribution is 5.90. The zero-order valence-electron chi connectivity index (χ0n) is 17.1. The fraction of sp³-hybridized carbons (Fsp3) is 0.435. The number of aliphatic hydroxyl groups is 1. The number of rotatable bonds is 6. The molecule has 3 N–H and O–H groups in total. The van der Waals surface area contributed by atoms with Crippen molar-refractivity contribution in [3.05, 3.63) is 48.0 Å². The topological polar surface area (TPSA) is 91.3 Å². The van der Waals surface area contributed by atoms with Crippen LogP contribution in [0.4, 0.5) is 5.69 Å². The summed E-state index contributed by atoms with van der Waals surface area (Å²) in [6.45, 7) is 3.68. The Kier molecular flexibility index (Phi) is 5.83. The van der Waals surface area contributed by atoms with E-state index in [9.17, 15) is 15.0 Å². The Morgan fingerprint density at radius 2 is 2.03 bits per heavy atom. The predicted molar refractivity (Wildman–Crippen MR) is 113 cm³/mol. The molecule has 2 aliphatic rings. The van der Waals surface area contributed by atoms with Gasteiger partial charge in [0.15, 0.2) is 0 Å². The lowest BCUT2D eigenvalue weighted by Gasteiger charge is -2.39. The number of phenolic OH excluding ortho intramolecular Hbond substituents is 1. The van der Waals surface area contributed by atoms with Crippen molar-refractivity contribution in [2.45, 2.75) is 37.9 Å². The van der Waals surface area contributed by atoms with Crippen molar-refractivity contribution in [1.29, 1.82) is 0 Å². The number of hydrogen-bond donors (Lipinski definition) is 3. The van der Waals surface area contributed by atoms with E-state index in [2.05, 4.69) is 22.3 Å². The van der Waals surface area contributed by atoms with Crippen LogP contribution in [0.1, 0.15) is 25.3 Å². The summed E-state index contributed by atoms with van der Waals surface area (Å²) in [6.07, 6.45) is 2.11.